The maximum atomic E-state index is 13.9. The minimum absolute atomic E-state index is 0.0743. The molecular weight excluding hydrogens is 315 g/mol. The lowest BCUT2D eigenvalue weighted by atomic mass is 10.0. The van der Waals surface area contributed by atoms with Crippen LogP contribution in [0.2, 0.25) is 0 Å². The molecule has 0 radical (unpaired) electrons. The van der Waals surface area contributed by atoms with Crippen molar-refractivity contribution in [2.75, 3.05) is 6.79 Å². The number of fused-ring (bicyclic) bond motifs is 1. The predicted octanol–water partition coefficient (Wildman–Crippen LogP) is 3.49. The Labute approximate surface area is 136 Å². The summed E-state index contributed by atoms with van der Waals surface area (Å²) in [4.78, 5) is 0. The number of ether oxygens (including phenoxy) is 3. The van der Waals surface area contributed by atoms with Crippen LogP contribution in [0.4, 0.5) is 4.39 Å². The molecule has 0 saturated carbocycles. The Kier molecular flexibility index (Phi) is 3.53. The van der Waals surface area contributed by atoms with E-state index in [0.29, 0.717) is 34.6 Å². The Morgan fingerprint density at radius 3 is 2.75 bits per heavy atom. The molecule has 1 aliphatic heterocycles. The van der Waals surface area contributed by atoms with Gasteiger partial charge in [0.15, 0.2) is 18.1 Å². The molecule has 0 unspecified atom stereocenters. The van der Waals surface area contributed by atoms with Gasteiger partial charge in [0.2, 0.25) is 12.7 Å². The first-order chi connectivity index (χ1) is 11.7. The summed E-state index contributed by atoms with van der Waals surface area (Å²) in [5.74, 6) is 2.08. The molecule has 0 spiro atoms. The van der Waals surface area contributed by atoms with E-state index in [1.165, 1.54) is 12.1 Å². The molecule has 0 saturated heterocycles. The van der Waals surface area contributed by atoms with Gasteiger partial charge in [-0.15, -0.1) is 10.2 Å². The summed E-state index contributed by atoms with van der Waals surface area (Å²) < 4.78 is 35.3. The second-order valence-electron chi connectivity index (χ2n) is 5.25. The number of aryl methyl sites for hydroxylation is 1. The van der Waals surface area contributed by atoms with Crippen LogP contribution in [-0.2, 0) is 6.61 Å². The molecule has 0 atom stereocenters. The van der Waals surface area contributed by atoms with Crippen molar-refractivity contribution in [1.29, 1.82) is 0 Å². The molecule has 0 bridgehead atoms. The van der Waals surface area contributed by atoms with Crippen LogP contribution in [0.5, 0.6) is 17.2 Å². The van der Waals surface area contributed by atoms with Crippen molar-refractivity contribution >= 4 is 0 Å². The average Bonchev–Trinajstić information content (AvgIpc) is 3.20. The maximum Gasteiger partial charge on any atom is 0.253 e. The van der Waals surface area contributed by atoms with Crippen LogP contribution in [0.15, 0.2) is 40.8 Å². The second-order valence-corrected chi connectivity index (χ2v) is 5.25. The highest BCUT2D eigenvalue weighted by atomic mass is 19.1. The van der Waals surface area contributed by atoms with Gasteiger partial charge in [0, 0.05) is 13.0 Å². The normalized spacial score (nSPS) is 12.4. The monoisotopic (exact) mass is 328 g/mol. The van der Waals surface area contributed by atoms with E-state index in [-0.39, 0.29) is 13.4 Å². The highest BCUT2D eigenvalue weighted by molar-refractivity contribution is 5.68. The highest BCUT2D eigenvalue weighted by Crippen LogP contribution is 2.36. The van der Waals surface area contributed by atoms with Gasteiger partial charge in [-0.25, -0.2) is 4.39 Å². The molecule has 24 heavy (non-hydrogen) atoms. The molecule has 0 amide bonds. The minimum atomic E-state index is -0.401. The molecule has 0 fully saturated rings. The molecule has 2 heterocycles. The van der Waals surface area contributed by atoms with Crippen molar-refractivity contribution in [3.05, 3.63) is 54.0 Å². The van der Waals surface area contributed by atoms with Crippen molar-refractivity contribution in [2.24, 2.45) is 0 Å². The predicted molar refractivity (Wildman–Crippen MR) is 81.3 cm³/mol. The first-order valence-electron chi connectivity index (χ1n) is 7.30. The maximum absolute atomic E-state index is 13.9. The standard InChI is InChI=1S/C17H13FN2O4/c1-10-19-20-17(24-10)8-21-14-5-12(4-13(18)7-14)11-2-3-15-16(6-11)23-9-22-15/h2-7H,8-9H2,1H3. The molecule has 1 aromatic heterocycles. The molecule has 7 heteroatoms. The average molecular weight is 328 g/mol. The van der Waals surface area contributed by atoms with Crippen molar-refractivity contribution < 1.29 is 23.0 Å². The summed E-state index contributed by atoms with van der Waals surface area (Å²) in [6.45, 7) is 1.96. The summed E-state index contributed by atoms with van der Waals surface area (Å²) in [5, 5.41) is 7.56. The Morgan fingerprint density at radius 2 is 1.92 bits per heavy atom. The first kappa shape index (κ1) is 14.5. The van der Waals surface area contributed by atoms with Crippen molar-refractivity contribution in [1.82, 2.24) is 10.2 Å². The summed E-state index contributed by atoms with van der Waals surface area (Å²) in [5.41, 5.74) is 1.47. The van der Waals surface area contributed by atoms with Gasteiger partial charge in [0.25, 0.3) is 5.89 Å². The van der Waals surface area contributed by atoms with Gasteiger partial charge >= 0.3 is 0 Å². The number of benzene rings is 2. The molecule has 3 aromatic rings. The smallest absolute Gasteiger partial charge is 0.253 e. The molecule has 6 nitrogen and oxygen atoms in total. The molecule has 0 aliphatic carbocycles. The van der Waals surface area contributed by atoms with Crippen LogP contribution < -0.4 is 14.2 Å². The zero-order valence-electron chi connectivity index (χ0n) is 12.8. The van der Waals surface area contributed by atoms with Gasteiger partial charge in [0.05, 0.1) is 0 Å². The molecule has 2 aromatic carbocycles. The summed E-state index contributed by atoms with van der Waals surface area (Å²) in [7, 11) is 0. The lowest BCUT2D eigenvalue weighted by Crippen LogP contribution is -1.96. The number of hydrogen-bond donors (Lipinski definition) is 0. The van der Waals surface area contributed by atoms with E-state index in [1.807, 2.05) is 12.1 Å². The third-order valence-electron chi connectivity index (χ3n) is 3.51. The first-order valence-corrected chi connectivity index (χ1v) is 7.30. The highest BCUT2D eigenvalue weighted by Gasteiger charge is 2.15. The molecule has 4 rings (SSSR count). The lowest BCUT2D eigenvalue weighted by Gasteiger charge is -2.08. The number of nitrogens with zero attached hydrogens (tertiary/aromatic N) is 2. The molecular formula is C17H13FN2O4. The van der Waals surface area contributed by atoms with Gasteiger partial charge in [-0.05, 0) is 35.4 Å². The number of halogens is 1. The van der Waals surface area contributed by atoms with Crippen LogP contribution in [0.3, 0.4) is 0 Å². The van der Waals surface area contributed by atoms with Crippen LogP contribution in [0.1, 0.15) is 11.8 Å². The largest absolute Gasteiger partial charge is 0.484 e. The fourth-order valence-electron chi connectivity index (χ4n) is 2.43. The van der Waals surface area contributed by atoms with E-state index in [0.717, 1.165) is 5.56 Å². The van der Waals surface area contributed by atoms with Gasteiger partial charge in [-0.1, -0.05) is 6.07 Å². The number of aromatic nitrogens is 2. The third kappa shape index (κ3) is 2.88. The Bertz CT molecular complexity index is 894. The number of hydrogen-bond acceptors (Lipinski definition) is 6. The number of rotatable bonds is 4. The van der Waals surface area contributed by atoms with Crippen molar-refractivity contribution in [3.8, 4) is 28.4 Å². The SMILES string of the molecule is Cc1nnc(COc2cc(F)cc(-c3ccc4c(c3)OCO4)c2)o1. The second kappa shape index (κ2) is 5.84. The van der Waals surface area contributed by atoms with Crippen LogP contribution in [-0.4, -0.2) is 17.0 Å². The zero-order valence-corrected chi connectivity index (χ0v) is 12.8. The molecule has 0 N–H and O–H groups in total. The van der Waals surface area contributed by atoms with Crippen LogP contribution in [0, 0.1) is 12.7 Å². The van der Waals surface area contributed by atoms with E-state index < -0.39 is 5.82 Å². The van der Waals surface area contributed by atoms with Gasteiger partial charge in [0.1, 0.15) is 11.6 Å². The third-order valence-corrected chi connectivity index (χ3v) is 3.51. The van der Waals surface area contributed by atoms with Crippen molar-refractivity contribution in [3.63, 3.8) is 0 Å². The van der Waals surface area contributed by atoms with E-state index >= 15 is 0 Å². The summed E-state index contributed by atoms with van der Waals surface area (Å²) in [6, 6.07) is 9.92. The van der Waals surface area contributed by atoms with E-state index in [4.69, 9.17) is 18.6 Å². The topological polar surface area (TPSA) is 66.6 Å². The van der Waals surface area contributed by atoms with Crippen molar-refractivity contribution in [2.45, 2.75) is 13.5 Å². The molecule has 122 valence electrons. The Balaban J connectivity index is 1.59. The quantitative estimate of drug-likeness (QED) is 0.730. The van der Waals surface area contributed by atoms with Crippen LogP contribution >= 0.6 is 0 Å². The summed E-state index contributed by atoms with van der Waals surface area (Å²) in [6.07, 6.45) is 0. The fraction of sp³-hybridized carbons (Fsp3) is 0.176. The zero-order chi connectivity index (χ0) is 16.5. The van der Waals surface area contributed by atoms with Crippen LogP contribution in [0.25, 0.3) is 11.1 Å². The van der Waals surface area contributed by atoms with E-state index in [1.54, 1.807) is 19.1 Å². The van der Waals surface area contributed by atoms with E-state index in [9.17, 15) is 4.39 Å². The van der Waals surface area contributed by atoms with Gasteiger partial charge in [-0.2, -0.15) is 0 Å². The molecule has 1 aliphatic rings. The lowest BCUT2D eigenvalue weighted by molar-refractivity contribution is 0.174. The Hall–Kier alpha value is -3.09. The minimum Gasteiger partial charge on any atom is -0.484 e. The van der Waals surface area contributed by atoms with E-state index in [2.05, 4.69) is 10.2 Å². The fourth-order valence-corrected chi connectivity index (χ4v) is 2.43. The Morgan fingerprint density at radius 1 is 1.04 bits per heavy atom. The summed E-state index contributed by atoms with van der Waals surface area (Å²) >= 11 is 0. The van der Waals surface area contributed by atoms with Gasteiger partial charge < -0.3 is 18.6 Å². The van der Waals surface area contributed by atoms with Gasteiger partial charge in [-0.3, -0.25) is 0 Å².